The van der Waals surface area contributed by atoms with E-state index in [0.29, 0.717) is 0 Å². The summed E-state index contributed by atoms with van der Waals surface area (Å²) in [5.74, 6) is 0. The SMILES string of the molecule is CCC1CCCCCN1CCCC1CCCCN1. The monoisotopic (exact) mass is 252 g/mol. The molecule has 18 heavy (non-hydrogen) atoms. The molecule has 0 amide bonds. The fourth-order valence-electron chi connectivity index (χ4n) is 3.70. The van der Waals surface area contributed by atoms with E-state index in [2.05, 4.69) is 17.1 Å². The number of rotatable bonds is 5. The van der Waals surface area contributed by atoms with Crippen LogP contribution < -0.4 is 5.32 Å². The molecular weight excluding hydrogens is 220 g/mol. The quantitative estimate of drug-likeness (QED) is 0.805. The van der Waals surface area contributed by atoms with Crippen molar-refractivity contribution in [3.63, 3.8) is 0 Å². The summed E-state index contributed by atoms with van der Waals surface area (Å²) in [5.41, 5.74) is 0. The van der Waals surface area contributed by atoms with Crippen LogP contribution in [0.25, 0.3) is 0 Å². The first-order valence-electron chi connectivity index (χ1n) is 8.37. The number of likely N-dealkylation sites (tertiary alicyclic amines) is 1. The van der Waals surface area contributed by atoms with Crippen LogP contribution in [0.1, 0.15) is 71.1 Å². The molecule has 2 aliphatic heterocycles. The summed E-state index contributed by atoms with van der Waals surface area (Å²) in [6.07, 6.45) is 14.2. The zero-order chi connectivity index (χ0) is 12.6. The van der Waals surface area contributed by atoms with E-state index in [1.807, 2.05) is 0 Å². The minimum atomic E-state index is 0.825. The molecule has 2 atom stereocenters. The third kappa shape index (κ3) is 4.55. The Balaban J connectivity index is 1.66. The van der Waals surface area contributed by atoms with Gasteiger partial charge in [-0.1, -0.05) is 26.2 Å². The van der Waals surface area contributed by atoms with Gasteiger partial charge in [-0.05, 0) is 64.6 Å². The first-order chi connectivity index (χ1) is 8.90. The highest BCUT2D eigenvalue weighted by molar-refractivity contribution is 4.76. The van der Waals surface area contributed by atoms with Crippen LogP contribution >= 0.6 is 0 Å². The van der Waals surface area contributed by atoms with Gasteiger partial charge in [0.1, 0.15) is 0 Å². The summed E-state index contributed by atoms with van der Waals surface area (Å²) in [6.45, 7) is 6.32. The molecule has 2 unspecified atom stereocenters. The maximum Gasteiger partial charge on any atom is 0.00926 e. The molecule has 106 valence electrons. The van der Waals surface area contributed by atoms with Crippen LogP contribution in [0.2, 0.25) is 0 Å². The molecule has 1 N–H and O–H groups in total. The summed E-state index contributed by atoms with van der Waals surface area (Å²) in [5, 5.41) is 3.68. The van der Waals surface area contributed by atoms with Gasteiger partial charge in [0.25, 0.3) is 0 Å². The molecule has 0 saturated carbocycles. The van der Waals surface area contributed by atoms with Crippen LogP contribution in [0, 0.1) is 0 Å². The lowest BCUT2D eigenvalue weighted by molar-refractivity contribution is 0.187. The van der Waals surface area contributed by atoms with Gasteiger partial charge in [0.05, 0.1) is 0 Å². The van der Waals surface area contributed by atoms with E-state index < -0.39 is 0 Å². The zero-order valence-electron chi connectivity index (χ0n) is 12.3. The van der Waals surface area contributed by atoms with Gasteiger partial charge in [-0.15, -0.1) is 0 Å². The zero-order valence-corrected chi connectivity index (χ0v) is 12.3. The Labute approximate surface area is 114 Å². The molecule has 2 heteroatoms. The van der Waals surface area contributed by atoms with Crippen molar-refractivity contribution in [2.45, 2.75) is 83.2 Å². The largest absolute Gasteiger partial charge is 0.314 e. The van der Waals surface area contributed by atoms with Gasteiger partial charge in [-0.25, -0.2) is 0 Å². The van der Waals surface area contributed by atoms with Gasteiger partial charge in [-0.3, -0.25) is 0 Å². The molecule has 0 aromatic heterocycles. The molecule has 0 radical (unpaired) electrons. The Morgan fingerprint density at radius 2 is 1.94 bits per heavy atom. The molecule has 0 aliphatic carbocycles. The van der Waals surface area contributed by atoms with Gasteiger partial charge >= 0.3 is 0 Å². The molecule has 2 fully saturated rings. The van der Waals surface area contributed by atoms with Gasteiger partial charge in [0.2, 0.25) is 0 Å². The smallest absolute Gasteiger partial charge is 0.00926 e. The predicted octanol–water partition coefficient (Wildman–Crippen LogP) is 3.56. The molecule has 2 rings (SSSR count). The number of piperidine rings is 1. The highest BCUT2D eigenvalue weighted by Crippen LogP contribution is 2.20. The summed E-state index contributed by atoms with van der Waals surface area (Å²) >= 11 is 0. The van der Waals surface area contributed by atoms with E-state index in [-0.39, 0.29) is 0 Å². The lowest BCUT2D eigenvalue weighted by atomic mass is 10.00. The van der Waals surface area contributed by atoms with Crippen LogP contribution in [-0.4, -0.2) is 36.6 Å². The van der Waals surface area contributed by atoms with Gasteiger partial charge in [0, 0.05) is 12.1 Å². The highest BCUT2D eigenvalue weighted by atomic mass is 15.1. The minimum Gasteiger partial charge on any atom is -0.314 e. The number of hydrogen-bond acceptors (Lipinski definition) is 2. The summed E-state index contributed by atoms with van der Waals surface area (Å²) in [6, 6.07) is 1.71. The molecule has 0 spiro atoms. The maximum absolute atomic E-state index is 3.68. The first kappa shape index (κ1) is 14.3. The summed E-state index contributed by atoms with van der Waals surface area (Å²) in [7, 11) is 0. The van der Waals surface area contributed by atoms with Crippen molar-refractivity contribution in [3.05, 3.63) is 0 Å². The molecule has 0 aromatic rings. The van der Waals surface area contributed by atoms with E-state index in [0.717, 1.165) is 12.1 Å². The Bertz CT molecular complexity index is 211. The normalized spacial score (nSPS) is 31.2. The van der Waals surface area contributed by atoms with Crippen molar-refractivity contribution in [2.24, 2.45) is 0 Å². The molecule has 0 aromatic carbocycles. The Morgan fingerprint density at radius 3 is 2.72 bits per heavy atom. The van der Waals surface area contributed by atoms with Gasteiger partial charge in [0.15, 0.2) is 0 Å². The maximum atomic E-state index is 3.68. The van der Waals surface area contributed by atoms with Crippen LogP contribution in [0.4, 0.5) is 0 Å². The van der Waals surface area contributed by atoms with Crippen molar-refractivity contribution < 1.29 is 0 Å². The van der Waals surface area contributed by atoms with E-state index in [4.69, 9.17) is 0 Å². The lowest BCUT2D eigenvalue weighted by Crippen LogP contribution is -2.37. The van der Waals surface area contributed by atoms with E-state index in [1.54, 1.807) is 0 Å². The predicted molar refractivity (Wildman–Crippen MR) is 79.0 cm³/mol. The van der Waals surface area contributed by atoms with Crippen LogP contribution in [0.5, 0.6) is 0 Å². The van der Waals surface area contributed by atoms with E-state index in [9.17, 15) is 0 Å². The van der Waals surface area contributed by atoms with Gasteiger partial charge < -0.3 is 10.2 Å². The van der Waals surface area contributed by atoms with Crippen molar-refractivity contribution in [1.82, 2.24) is 10.2 Å². The highest BCUT2D eigenvalue weighted by Gasteiger charge is 2.19. The van der Waals surface area contributed by atoms with Crippen molar-refractivity contribution in [1.29, 1.82) is 0 Å². The summed E-state index contributed by atoms with van der Waals surface area (Å²) in [4.78, 5) is 2.79. The van der Waals surface area contributed by atoms with Crippen molar-refractivity contribution >= 4 is 0 Å². The number of hydrogen-bond donors (Lipinski definition) is 1. The van der Waals surface area contributed by atoms with E-state index >= 15 is 0 Å². The fourth-order valence-corrected chi connectivity index (χ4v) is 3.70. The topological polar surface area (TPSA) is 15.3 Å². The third-order valence-electron chi connectivity index (χ3n) is 4.88. The Hall–Kier alpha value is -0.0800. The van der Waals surface area contributed by atoms with Crippen molar-refractivity contribution in [3.8, 4) is 0 Å². The summed E-state index contributed by atoms with van der Waals surface area (Å²) < 4.78 is 0. The molecule has 2 saturated heterocycles. The van der Waals surface area contributed by atoms with E-state index in [1.165, 1.54) is 83.8 Å². The van der Waals surface area contributed by atoms with Crippen molar-refractivity contribution in [2.75, 3.05) is 19.6 Å². The van der Waals surface area contributed by atoms with Crippen LogP contribution in [0.15, 0.2) is 0 Å². The fraction of sp³-hybridized carbons (Fsp3) is 1.00. The van der Waals surface area contributed by atoms with Crippen LogP contribution in [0.3, 0.4) is 0 Å². The molecule has 2 heterocycles. The minimum absolute atomic E-state index is 0.825. The Morgan fingerprint density at radius 1 is 1.06 bits per heavy atom. The second-order valence-corrected chi connectivity index (χ2v) is 6.24. The molecule has 0 bridgehead atoms. The average molecular weight is 252 g/mol. The van der Waals surface area contributed by atoms with Gasteiger partial charge in [-0.2, -0.15) is 0 Å². The molecule has 2 nitrogen and oxygen atoms in total. The number of nitrogens with one attached hydrogen (secondary N) is 1. The second-order valence-electron chi connectivity index (χ2n) is 6.24. The standard InChI is InChI=1S/C16H32N2/c1-2-16-11-4-3-7-13-18(16)14-8-10-15-9-5-6-12-17-15/h15-17H,2-14H2,1H3. The number of nitrogens with zero attached hydrogens (tertiary/aromatic N) is 1. The third-order valence-corrected chi connectivity index (χ3v) is 4.88. The molecule has 2 aliphatic rings. The van der Waals surface area contributed by atoms with Crippen LogP contribution in [-0.2, 0) is 0 Å². The Kier molecular flexibility index (Phi) is 6.50. The second kappa shape index (κ2) is 8.16. The average Bonchev–Trinajstić information content (AvgIpc) is 2.65. The molecular formula is C16H32N2. The first-order valence-corrected chi connectivity index (χ1v) is 8.37. The lowest BCUT2D eigenvalue weighted by Gasteiger charge is -2.30.